The molecule has 0 aromatic carbocycles. The zero-order valence-electron chi connectivity index (χ0n) is 10.5. The number of nitrogens with one attached hydrogen (secondary N) is 1. The van der Waals surface area contributed by atoms with Crippen LogP contribution in [0.4, 0.5) is 0 Å². The van der Waals surface area contributed by atoms with Crippen molar-refractivity contribution in [2.45, 2.75) is 20.3 Å². The van der Waals surface area contributed by atoms with Gasteiger partial charge in [0.2, 0.25) is 0 Å². The summed E-state index contributed by atoms with van der Waals surface area (Å²) in [6.45, 7) is 4.85. The average Bonchev–Trinajstić information content (AvgIpc) is 2.75. The molecule has 100 valence electrons. The molecule has 17 heavy (non-hydrogen) atoms. The van der Waals surface area contributed by atoms with Crippen LogP contribution < -0.4 is 4.72 Å². The van der Waals surface area contributed by atoms with Crippen molar-refractivity contribution in [2.75, 3.05) is 26.7 Å². The fourth-order valence-electron chi connectivity index (χ4n) is 1.67. The highest BCUT2D eigenvalue weighted by Crippen LogP contribution is 2.19. The van der Waals surface area contributed by atoms with Crippen molar-refractivity contribution in [3.05, 3.63) is 0 Å². The minimum atomic E-state index is -3.45. The summed E-state index contributed by atoms with van der Waals surface area (Å²) in [6, 6.07) is 0. The quantitative estimate of drug-likeness (QED) is 0.708. The van der Waals surface area contributed by atoms with Gasteiger partial charge in [0.25, 0.3) is 10.2 Å². The molecule has 1 unspecified atom stereocenters. The molecule has 6 nitrogen and oxygen atoms in total. The van der Waals surface area contributed by atoms with E-state index in [0.717, 1.165) is 0 Å². The lowest BCUT2D eigenvalue weighted by Gasteiger charge is -2.17. The number of ether oxygens (including phenoxy) is 1. The molecule has 0 saturated carbocycles. The molecule has 0 radical (unpaired) electrons. The molecule has 0 amide bonds. The second-order valence-corrected chi connectivity index (χ2v) is 6.37. The lowest BCUT2D eigenvalue weighted by molar-refractivity contribution is -0.144. The number of hydrogen-bond donors (Lipinski definition) is 1. The summed E-state index contributed by atoms with van der Waals surface area (Å²) >= 11 is 0. The van der Waals surface area contributed by atoms with Crippen LogP contribution in [0.25, 0.3) is 0 Å². The van der Waals surface area contributed by atoms with E-state index in [1.165, 1.54) is 11.4 Å². The first-order chi connectivity index (χ1) is 7.86. The van der Waals surface area contributed by atoms with Gasteiger partial charge < -0.3 is 4.74 Å². The first-order valence-corrected chi connectivity index (χ1v) is 7.13. The Hall–Kier alpha value is -0.660. The lowest BCUT2D eigenvalue weighted by atomic mass is 10.1. The van der Waals surface area contributed by atoms with E-state index in [-0.39, 0.29) is 24.3 Å². The smallest absolute Gasteiger partial charge is 0.310 e. The maximum absolute atomic E-state index is 11.9. The van der Waals surface area contributed by atoms with Gasteiger partial charge in [0, 0.05) is 19.6 Å². The van der Waals surface area contributed by atoms with Crippen LogP contribution in [-0.2, 0) is 19.7 Å². The number of hydrogen-bond acceptors (Lipinski definition) is 4. The van der Waals surface area contributed by atoms with Crippen molar-refractivity contribution in [3.63, 3.8) is 0 Å². The highest BCUT2D eigenvalue weighted by atomic mass is 32.2. The predicted molar refractivity (Wildman–Crippen MR) is 63.5 cm³/mol. The molecule has 0 aromatic heterocycles. The van der Waals surface area contributed by atoms with Gasteiger partial charge in [-0.05, 0) is 12.3 Å². The van der Waals surface area contributed by atoms with Crippen molar-refractivity contribution < 1.29 is 17.9 Å². The van der Waals surface area contributed by atoms with Crippen molar-refractivity contribution in [3.8, 4) is 0 Å². The Morgan fingerprint density at radius 3 is 2.71 bits per heavy atom. The van der Waals surface area contributed by atoms with Gasteiger partial charge in [-0.1, -0.05) is 13.8 Å². The summed E-state index contributed by atoms with van der Waals surface area (Å²) in [5.41, 5.74) is 0. The van der Waals surface area contributed by atoms with Gasteiger partial charge in [-0.25, -0.2) is 4.72 Å². The number of carbonyl (C=O) groups excluding carboxylic acids is 1. The normalized spacial score (nSPS) is 22.0. The molecule has 1 aliphatic heterocycles. The van der Waals surface area contributed by atoms with E-state index < -0.39 is 10.2 Å². The van der Waals surface area contributed by atoms with E-state index in [0.29, 0.717) is 19.5 Å². The number of rotatable bonds is 5. The molecule has 1 atom stereocenters. The fraction of sp³-hybridized carbons (Fsp3) is 0.900. The van der Waals surface area contributed by atoms with Crippen molar-refractivity contribution in [1.82, 2.24) is 9.03 Å². The third-order valence-corrected chi connectivity index (χ3v) is 4.24. The first kappa shape index (κ1) is 14.4. The maximum atomic E-state index is 11.9. The molecule has 1 rings (SSSR count). The van der Waals surface area contributed by atoms with Crippen LogP contribution in [0.5, 0.6) is 0 Å². The van der Waals surface area contributed by atoms with E-state index in [4.69, 9.17) is 0 Å². The highest BCUT2D eigenvalue weighted by Gasteiger charge is 2.35. The molecule has 1 heterocycles. The number of esters is 1. The van der Waals surface area contributed by atoms with Gasteiger partial charge >= 0.3 is 5.97 Å². The number of methoxy groups -OCH3 is 1. The Morgan fingerprint density at radius 1 is 1.53 bits per heavy atom. The predicted octanol–water partition coefficient (Wildman–Crippen LogP) is -0.0283. The van der Waals surface area contributed by atoms with Gasteiger partial charge in [0.15, 0.2) is 0 Å². The maximum Gasteiger partial charge on any atom is 0.310 e. The minimum Gasteiger partial charge on any atom is -0.469 e. The van der Waals surface area contributed by atoms with Crippen LogP contribution in [0.15, 0.2) is 0 Å². The van der Waals surface area contributed by atoms with Crippen LogP contribution in [0.1, 0.15) is 20.3 Å². The molecular formula is C10H20N2O4S. The number of carbonyl (C=O) groups is 1. The van der Waals surface area contributed by atoms with E-state index in [1.807, 2.05) is 13.8 Å². The second-order valence-electron chi connectivity index (χ2n) is 4.61. The van der Waals surface area contributed by atoms with Crippen molar-refractivity contribution in [2.24, 2.45) is 11.8 Å². The van der Waals surface area contributed by atoms with Crippen LogP contribution in [0.3, 0.4) is 0 Å². The monoisotopic (exact) mass is 264 g/mol. The van der Waals surface area contributed by atoms with Crippen LogP contribution in [0.2, 0.25) is 0 Å². The average molecular weight is 264 g/mol. The number of nitrogens with zero attached hydrogens (tertiary/aromatic N) is 1. The largest absolute Gasteiger partial charge is 0.469 e. The van der Waals surface area contributed by atoms with E-state index in [1.54, 1.807) is 0 Å². The highest BCUT2D eigenvalue weighted by molar-refractivity contribution is 7.87. The fourth-order valence-corrected chi connectivity index (χ4v) is 3.12. The van der Waals surface area contributed by atoms with Gasteiger partial charge in [0.1, 0.15) is 0 Å². The molecule has 1 aliphatic rings. The molecule has 1 N–H and O–H groups in total. The summed E-state index contributed by atoms with van der Waals surface area (Å²) in [7, 11) is -2.14. The van der Waals surface area contributed by atoms with Crippen molar-refractivity contribution >= 4 is 16.2 Å². The van der Waals surface area contributed by atoms with E-state index in [9.17, 15) is 13.2 Å². The topological polar surface area (TPSA) is 75.7 Å². The molecule has 7 heteroatoms. The van der Waals surface area contributed by atoms with Crippen LogP contribution >= 0.6 is 0 Å². The Bertz CT molecular complexity index is 367. The van der Waals surface area contributed by atoms with E-state index >= 15 is 0 Å². The third-order valence-electron chi connectivity index (χ3n) is 2.70. The summed E-state index contributed by atoms with van der Waals surface area (Å²) < 4.78 is 32.2. The summed E-state index contributed by atoms with van der Waals surface area (Å²) in [5.74, 6) is -0.425. The Labute approximate surface area is 102 Å². The van der Waals surface area contributed by atoms with E-state index in [2.05, 4.69) is 9.46 Å². The first-order valence-electron chi connectivity index (χ1n) is 5.69. The molecular weight excluding hydrogens is 244 g/mol. The Morgan fingerprint density at radius 2 is 2.18 bits per heavy atom. The molecule has 0 aliphatic carbocycles. The van der Waals surface area contributed by atoms with Crippen LogP contribution in [-0.4, -0.2) is 45.4 Å². The molecule has 0 spiro atoms. The second kappa shape index (κ2) is 5.79. The lowest BCUT2D eigenvalue weighted by Crippen LogP contribution is -2.41. The Kier molecular flexibility index (Phi) is 4.91. The summed E-state index contributed by atoms with van der Waals surface area (Å²) in [6.07, 6.45) is 0.523. The summed E-state index contributed by atoms with van der Waals surface area (Å²) in [4.78, 5) is 11.3. The van der Waals surface area contributed by atoms with Gasteiger partial charge in [-0.3, -0.25) is 4.79 Å². The van der Waals surface area contributed by atoms with Gasteiger partial charge in [0.05, 0.1) is 13.0 Å². The molecule has 1 saturated heterocycles. The zero-order chi connectivity index (χ0) is 13.1. The van der Waals surface area contributed by atoms with Crippen molar-refractivity contribution in [1.29, 1.82) is 0 Å². The zero-order valence-corrected chi connectivity index (χ0v) is 11.3. The molecule has 1 fully saturated rings. The minimum absolute atomic E-state index is 0.208. The van der Waals surface area contributed by atoms with Gasteiger partial charge in [-0.15, -0.1) is 0 Å². The molecule has 0 bridgehead atoms. The standard InChI is InChI=1S/C10H20N2O4S/c1-8(2)6-11-17(14,15)12-5-4-9(7-12)10(13)16-3/h8-9,11H,4-7H2,1-3H3. The SMILES string of the molecule is COC(=O)C1CCN(S(=O)(=O)NCC(C)C)C1. The Balaban J connectivity index is 2.55. The van der Waals surface area contributed by atoms with Gasteiger partial charge in [-0.2, -0.15) is 12.7 Å². The molecule has 0 aromatic rings. The third kappa shape index (κ3) is 3.93. The summed E-state index contributed by atoms with van der Waals surface area (Å²) in [5, 5.41) is 0. The van der Waals surface area contributed by atoms with Crippen LogP contribution in [0, 0.1) is 11.8 Å².